The largest absolute Gasteiger partial charge is 0.480 e. The molecule has 4 aliphatic rings. The number of nitrogens with one attached hydrogen (secondary N) is 5. The smallest absolute Gasteiger partial charge is 0.411 e. The van der Waals surface area contributed by atoms with Crippen molar-refractivity contribution in [2.75, 3.05) is 71.8 Å². The number of aromatic nitrogens is 8. The summed E-state index contributed by atoms with van der Waals surface area (Å²) in [5.74, 6) is 1.56. The van der Waals surface area contributed by atoms with Crippen molar-refractivity contribution in [2.24, 2.45) is 0 Å². The first-order chi connectivity index (χ1) is 38.5. The molecule has 2 atom stereocenters. The quantitative estimate of drug-likeness (QED) is 0.0531. The average molecular weight is 1120 g/mol. The number of amides is 3. The molecule has 6 aromatic rings. The molecule has 25 nitrogen and oxygen atoms in total. The normalized spacial score (nSPS) is 17.7. The summed E-state index contributed by atoms with van der Waals surface area (Å²) in [4.78, 5) is 69.1. The van der Waals surface area contributed by atoms with E-state index in [0.29, 0.717) is 92.0 Å². The number of aliphatic carboxylic acids is 1. The zero-order chi connectivity index (χ0) is 58.2. The average Bonchev–Trinajstić information content (AvgIpc) is 4.20. The number of likely N-dealkylation sites (tertiary alicyclic amines) is 2. The van der Waals surface area contributed by atoms with Gasteiger partial charge in [-0.2, -0.15) is 39.2 Å². The maximum absolute atomic E-state index is 13.0. The summed E-state index contributed by atoms with van der Waals surface area (Å²) in [6.45, 7) is 23.1. The fourth-order valence-electron chi connectivity index (χ4n) is 9.10. The second-order valence-corrected chi connectivity index (χ2v) is 23.0. The van der Waals surface area contributed by atoms with Crippen LogP contribution in [0.1, 0.15) is 131 Å². The van der Waals surface area contributed by atoms with Gasteiger partial charge in [-0.15, -0.1) is 0 Å². The molecule has 0 aliphatic carbocycles. The maximum Gasteiger partial charge on any atom is 0.411 e. The van der Waals surface area contributed by atoms with Crippen molar-refractivity contribution in [3.8, 4) is 0 Å². The first-order valence-corrected chi connectivity index (χ1v) is 27.7. The van der Waals surface area contributed by atoms with Crippen LogP contribution in [0, 0.1) is 0 Å². The van der Waals surface area contributed by atoms with Gasteiger partial charge in [0.2, 0.25) is 29.7 Å². The Kier molecular flexibility index (Phi) is 18.7. The lowest BCUT2D eigenvalue weighted by Crippen LogP contribution is -2.57. The molecular weight excluding hydrogens is 1040 g/mol. The molecule has 4 aromatic heterocycles. The van der Waals surface area contributed by atoms with Crippen molar-refractivity contribution in [3.05, 3.63) is 72.1 Å². The number of carbonyl (C=O) groups excluding carboxylic acids is 3. The van der Waals surface area contributed by atoms with Gasteiger partial charge in [-0.1, -0.05) is 39.8 Å². The minimum atomic E-state index is -0.970. The highest BCUT2D eigenvalue weighted by molar-refractivity contribution is 5.98. The fourth-order valence-corrected chi connectivity index (χ4v) is 9.10. The summed E-state index contributed by atoms with van der Waals surface area (Å²) in [6.07, 6.45) is 7.43. The third kappa shape index (κ3) is 15.7. The Morgan fingerprint density at radius 1 is 0.617 bits per heavy atom. The molecule has 10 rings (SSSR count). The zero-order valence-corrected chi connectivity index (χ0v) is 48.0. The number of hydrogen-bond donors (Lipinski definition) is 7. The number of rotatable bonds is 13. The Bertz CT molecular complexity index is 3160. The molecular formula is C56H78N16O9. The number of carboxylic acid groups (broad SMARTS) is 1. The number of anilines is 8. The lowest BCUT2D eigenvalue weighted by Gasteiger charge is -2.40. The van der Waals surface area contributed by atoms with Crippen LogP contribution >= 0.6 is 0 Å². The van der Waals surface area contributed by atoms with E-state index < -0.39 is 41.4 Å². The molecule has 8 heterocycles. The van der Waals surface area contributed by atoms with Crippen LogP contribution in [0.15, 0.2) is 60.9 Å². The van der Waals surface area contributed by atoms with Gasteiger partial charge in [0.15, 0.2) is 11.3 Å². The molecule has 81 heavy (non-hydrogen) atoms. The van der Waals surface area contributed by atoms with Gasteiger partial charge >= 0.3 is 18.2 Å². The second-order valence-electron chi connectivity index (χ2n) is 23.0. The van der Waals surface area contributed by atoms with Gasteiger partial charge in [0.05, 0.1) is 12.4 Å². The van der Waals surface area contributed by atoms with E-state index in [4.69, 9.17) is 44.7 Å². The predicted molar refractivity (Wildman–Crippen MR) is 307 cm³/mol. The lowest BCUT2D eigenvalue weighted by atomic mass is 10.0. The lowest BCUT2D eigenvalue weighted by molar-refractivity contribution is -0.147. The number of hydrogen-bond acceptors (Lipinski definition) is 19. The monoisotopic (exact) mass is 1120 g/mol. The van der Waals surface area contributed by atoms with Crippen LogP contribution in [0.2, 0.25) is 0 Å². The van der Waals surface area contributed by atoms with E-state index in [-0.39, 0.29) is 17.9 Å². The summed E-state index contributed by atoms with van der Waals surface area (Å²) in [5, 5.41) is 34.3. The Hall–Kier alpha value is -8.06. The molecule has 2 aromatic carbocycles. The topological polar surface area (TPSA) is 304 Å². The van der Waals surface area contributed by atoms with Crippen molar-refractivity contribution in [1.29, 1.82) is 0 Å². The number of carbonyl (C=O) groups is 4. The van der Waals surface area contributed by atoms with Gasteiger partial charge in [0.1, 0.15) is 23.3 Å². The molecule has 0 saturated carbocycles. The molecule has 4 fully saturated rings. The van der Waals surface area contributed by atoms with Crippen molar-refractivity contribution >= 4 is 81.9 Å². The van der Waals surface area contributed by atoms with E-state index in [0.717, 1.165) is 67.0 Å². The summed E-state index contributed by atoms with van der Waals surface area (Å²) in [7, 11) is 0. The fraction of sp³-hybridized carbons (Fsp3) is 0.536. The Morgan fingerprint density at radius 2 is 1.05 bits per heavy atom. The van der Waals surface area contributed by atoms with E-state index in [1.807, 2.05) is 54.9 Å². The second kappa shape index (κ2) is 25.6. The molecule has 2 unspecified atom stereocenters. The Morgan fingerprint density at radius 3 is 1.46 bits per heavy atom. The molecule has 3 amide bonds. The van der Waals surface area contributed by atoms with Crippen LogP contribution < -0.4 is 32.3 Å². The molecule has 25 heteroatoms. The summed E-state index contributed by atoms with van der Waals surface area (Å²) >= 11 is 0. The number of fused-ring (bicyclic) bond motifs is 2. The molecule has 436 valence electrons. The SMILES string of the molecule is CC(C)(C)OC(=O)N1CCC1C(=O)O.CC(C)c1cnn2c(Nc3cccc(N)c3)nc(NC3CCOCC3)nc12.CC(C)c1cnn2c(Nc3cccc(NC(=O)C4CCN4C(=O)OC(C)(C)C)c3)nc(NC3CCOCC3)nc12. The van der Waals surface area contributed by atoms with Crippen LogP contribution in [0.3, 0.4) is 0 Å². The van der Waals surface area contributed by atoms with Crippen LogP contribution in [0.25, 0.3) is 11.3 Å². The Labute approximate surface area is 471 Å². The molecule has 0 spiro atoms. The molecule has 8 N–H and O–H groups in total. The van der Waals surface area contributed by atoms with E-state index in [9.17, 15) is 19.2 Å². The molecule has 4 aliphatic heterocycles. The maximum atomic E-state index is 13.0. The van der Waals surface area contributed by atoms with Crippen LogP contribution in [-0.2, 0) is 28.5 Å². The highest BCUT2D eigenvalue weighted by atomic mass is 16.6. The third-order valence-electron chi connectivity index (χ3n) is 13.6. The van der Waals surface area contributed by atoms with Gasteiger partial charge in [0, 0.05) is 85.5 Å². The third-order valence-corrected chi connectivity index (χ3v) is 13.6. The highest BCUT2D eigenvalue weighted by Gasteiger charge is 2.41. The van der Waals surface area contributed by atoms with E-state index >= 15 is 0 Å². The first-order valence-electron chi connectivity index (χ1n) is 27.7. The van der Waals surface area contributed by atoms with Gasteiger partial charge < -0.3 is 56.4 Å². The van der Waals surface area contributed by atoms with Gasteiger partial charge in [-0.05, 0) is 128 Å². The van der Waals surface area contributed by atoms with E-state index in [1.165, 1.54) is 9.80 Å². The van der Waals surface area contributed by atoms with E-state index in [1.54, 1.807) is 56.6 Å². The minimum absolute atomic E-state index is 0.236. The van der Waals surface area contributed by atoms with Crippen LogP contribution in [0.5, 0.6) is 0 Å². The van der Waals surface area contributed by atoms with Gasteiger partial charge in [-0.25, -0.2) is 14.4 Å². The Balaban J connectivity index is 0.000000180. The highest BCUT2D eigenvalue weighted by Crippen LogP contribution is 2.29. The van der Waals surface area contributed by atoms with Crippen LogP contribution in [-0.4, -0.2) is 153 Å². The number of nitrogen functional groups attached to an aromatic ring is 1. The van der Waals surface area contributed by atoms with Crippen molar-refractivity contribution in [2.45, 2.75) is 155 Å². The number of nitrogens with two attached hydrogens (primary N) is 1. The molecule has 4 saturated heterocycles. The zero-order valence-electron chi connectivity index (χ0n) is 48.0. The van der Waals surface area contributed by atoms with Gasteiger partial charge in [-0.3, -0.25) is 14.6 Å². The van der Waals surface area contributed by atoms with Crippen molar-refractivity contribution in [3.63, 3.8) is 0 Å². The summed E-state index contributed by atoms with van der Waals surface area (Å²) < 4.78 is 24.8. The molecule has 0 radical (unpaired) electrons. The predicted octanol–water partition coefficient (Wildman–Crippen LogP) is 8.77. The number of nitrogens with zero attached hydrogens (tertiary/aromatic N) is 10. The standard InChI is InChI=1S/C28H38N8O4.C19H25N7O.C9H15NO4/c1-17(2)21-16-29-36-23(21)33-25(31-18-10-13-39-14-11-18)34-26(36)32-20-8-6-7-19(15-20)30-24(37)22-9-12-35(22)27(38)40-28(3,4)5;1-12(2)16-11-21-26-17(16)24-18(22-14-6-8-27-9-7-14)25-19(26)23-15-5-3-4-13(20)10-15;1-9(2,3)14-8(13)10-5-4-6(10)7(11)12/h6-8,15-18,22H,9-14H2,1-5H3,(H,30,37)(H2,31,32,33,34);3-5,10-12,14H,6-9,20H2,1-2H3,(H2,22,23,24,25);6H,4-5H2,1-3H3,(H,11,12). The number of benzene rings is 2. The van der Waals surface area contributed by atoms with E-state index in [2.05, 4.69) is 69.5 Å². The van der Waals surface area contributed by atoms with Crippen LogP contribution in [0.4, 0.5) is 56.1 Å². The van der Waals surface area contributed by atoms with Crippen molar-refractivity contribution in [1.82, 2.24) is 49.0 Å². The minimum Gasteiger partial charge on any atom is -0.480 e. The summed E-state index contributed by atoms with van der Waals surface area (Å²) in [6, 6.07) is 14.2. The summed E-state index contributed by atoms with van der Waals surface area (Å²) in [5.41, 5.74) is 11.2. The number of carboxylic acids is 1. The van der Waals surface area contributed by atoms with Crippen molar-refractivity contribution < 1.29 is 43.2 Å². The number of ether oxygens (including phenoxy) is 4. The first kappa shape index (κ1) is 59.1. The molecule has 0 bridgehead atoms. The van der Waals surface area contributed by atoms with Gasteiger partial charge in [0.25, 0.3) is 0 Å².